The van der Waals surface area contributed by atoms with Crippen molar-refractivity contribution >= 4 is 0 Å². The Bertz CT molecular complexity index is 369. The van der Waals surface area contributed by atoms with Crippen molar-refractivity contribution in [3.8, 4) is 0 Å². The lowest BCUT2D eigenvalue weighted by atomic mass is 9.65. The van der Waals surface area contributed by atoms with E-state index in [9.17, 15) is 0 Å². The zero-order valence-corrected chi connectivity index (χ0v) is 19.4. The van der Waals surface area contributed by atoms with Gasteiger partial charge in [0.25, 0.3) is 0 Å². The second kappa shape index (κ2) is 13.6. The molecule has 0 aromatic heterocycles. The van der Waals surface area contributed by atoms with E-state index < -0.39 is 0 Å². The first-order chi connectivity index (χ1) is 12.3. The molecule has 0 heterocycles. The van der Waals surface area contributed by atoms with E-state index >= 15 is 0 Å². The SMILES string of the molecule is C=CCCCCC(CCCCC(C)(CC)CC)C(C)(C)C(C)CC=CC. The highest BCUT2D eigenvalue weighted by atomic mass is 14.4. The molecule has 0 aliphatic carbocycles. The van der Waals surface area contributed by atoms with Gasteiger partial charge in [-0.1, -0.05) is 91.9 Å². The Morgan fingerprint density at radius 2 is 1.50 bits per heavy atom. The Morgan fingerprint density at radius 3 is 2.00 bits per heavy atom. The lowest BCUT2D eigenvalue weighted by molar-refractivity contribution is 0.105. The van der Waals surface area contributed by atoms with Crippen LogP contribution in [0.5, 0.6) is 0 Å². The van der Waals surface area contributed by atoms with Gasteiger partial charge in [-0.25, -0.2) is 0 Å². The average molecular weight is 363 g/mol. The van der Waals surface area contributed by atoms with Crippen LogP contribution in [0.2, 0.25) is 0 Å². The highest BCUT2D eigenvalue weighted by molar-refractivity contribution is 4.89. The van der Waals surface area contributed by atoms with Gasteiger partial charge in [-0.3, -0.25) is 0 Å². The monoisotopic (exact) mass is 362 g/mol. The van der Waals surface area contributed by atoms with Crippen molar-refractivity contribution < 1.29 is 0 Å². The minimum Gasteiger partial charge on any atom is -0.103 e. The van der Waals surface area contributed by atoms with Crippen molar-refractivity contribution in [2.45, 2.75) is 119 Å². The Morgan fingerprint density at radius 1 is 0.923 bits per heavy atom. The summed E-state index contributed by atoms with van der Waals surface area (Å²) in [6, 6.07) is 0. The van der Waals surface area contributed by atoms with E-state index in [1.807, 2.05) is 0 Å². The average Bonchev–Trinajstić information content (AvgIpc) is 2.64. The van der Waals surface area contributed by atoms with E-state index in [1.54, 1.807) is 0 Å². The van der Waals surface area contributed by atoms with E-state index in [4.69, 9.17) is 0 Å². The van der Waals surface area contributed by atoms with Crippen LogP contribution in [-0.2, 0) is 0 Å². The molecule has 0 rings (SSSR count). The second-order valence-corrected chi connectivity index (χ2v) is 9.56. The van der Waals surface area contributed by atoms with Crippen LogP contribution in [-0.4, -0.2) is 0 Å². The van der Waals surface area contributed by atoms with Crippen molar-refractivity contribution in [2.75, 3.05) is 0 Å². The van der Waals surface area contributed by atoms with Gasteiger partial charge >= 0.3 is 0 Å². The Hall–Kier alpha value is -0.520. The molecule has 0 radical (unpaired) electrons. The molecular formula is C26H50. The molecule has 2 unspecified atom stereocenters. The zero-order chi connectivity index (χ0) is 20.1. The molecule has 0 aromatic carbocycles. The van der Waals surface area contributed by atoms with Crippen LogP contribution in [0.4, 0.5) is 0 Å². The third kappa shape index (κ3) is 9.43. The van der Waals surface area contributed by atoms with Gasteiger partial charge < -0.3 is 0 Å². The number of rotatable bonds is 16. The first-order valence-electron chi connectivity index (χ1n) is 11.5. The topological polar surface area (TPSA) is 0 Å². The number of hydrogen-bond acceptors (Lipinski definition) is 0. The molecule has 0 amide bonds. The number of unbranched alkanes of at least 4 members (excludes halogenated alkanes) is 3. The van der Waals surface area contributed by atoms with Crippen LogP contribution in [0.1, 0.15) is 119 Å². The van der Waals surface area contributed by atoms with E-state index in [-0.39, 0.29) is 0 Å². The number of hydrogen-bond donors (Lipinski definition) is 0. The van der Waals surface area contributed by atoms with Crippen LogP contribution < -0.4 is 0 Å². The second-order valence-electron chi connectivity index (χ2n) is 9.56. The molecule has 26 heavy (non-hydrogen) atoms. The molecule has 154 valence electrons. The predicted molar refractivity (Wildman–Crippen MR) is 122 cm³/mol. The summed E-state index contributed by atoms with van der Waals surface area (Å²) >= 11 is 0. The Balaban J connectivity index is 4.74. The lowest BCUT2D eigenvalue weighted by Gasteiger charge is -2.40. The highest BCUT2D eigenvalue weighted by Gasteiger charge is 2.33. The molecule has 0 saturated heterocycles. The predicted octanol–water partition coefficient (Wildman–Crippen LogP) is 9.36. The van der Waals surface area contributed by atoms with E-state index in [2.05, 4.69) is 73.3 Å². The minimum absolute atomic E-state index is 0.423. The minimum atomic E-state index is 0.423. The number of allylic oxidation sites excluding steroid dienone is 3. The van der Waals surface area contributed by atoms with Gasteiger partial charge in [0.2, 0.25) is 0 Å². The van der Waals surface area contributed by atoms with Crippen molar-refractivity contribution in [3.05, 3.63) is 24.8 Å². The molecule has 0 bridgehead atoms. The maximum atomic E-state index is 3.88. The maximum Gasteiger partial charge on any atom is -0.0297 e. The van der Waals surface area contributed by atoms with Crippen molar-refractivity contribution in [3.63, 3.8) is 0 Å². The van der Waals surface area contributed by atoms with Crippen molar-refractivity contribution in [2.24, 2.45) is 22.7 Å². The summed E-state index contributed by atoms with van der Waals surface area (Å²) in [4.78, 5) is 0. The van der Waals surface area contributed by atoms with Crippen LogP contribution in [0.25, 0.3) is 0 Å². The van der Waals surface area contributed by atoms with Crippen molar-refractivity contribution in [1.82, 2.24) is 0 Å². The lowest BCUT2D eigenvalue weighted by Crippen LogP contribution is -2.31. The maximum absolute atomic E-state index is 3.88. The largest absolute Gasteiger partial charge is 0.103 e. The van der Waals surface area contributed by atoms with Crippen molar-refractivity contribution in [1.29, 1.82) is 0 Å². The normalized spacial score (nSPS) is 15.3. The summed E-state index contributed by atoms with van der Waals surface area (Å²) in [5, 5.41) is 0. The fraction of sp³-hybridized carbons (Fsp3) is 0.846. The molecular weight excluding hydrogens is 312 g/mol. The smallest absolute Gasteiger partial charge is 0.0297 e. The molecule has 0 aliphatic rings. The molecule has 2 atom stereocenters. The van der Waals surface area contributed by atoms with Gasteiger partial charge in [-0.15, -0.1) is 6.58 Å². The van der Waals surface area contributed by atoms with E-state index in [0.717, 1.165) is 11.8 Å². The first kappa shape index (κ1) is 25.5. The molecule has 0 aromatic rings. The fourth-order valence-corrected chi connectivity index (χ4v) is 4.16. The summed E-state index contributed by atoms with van der Waals surface area (Å²) in [5.74, 6) is 1.60. The third-order valence-electron chi connectivity index (χ3n) is 7.55. The van der Waals surface area contributed by atoms with Gasteiger partial charge in [0.15, 0.2) is 0 Å². The molecule has 0 nitrogen and oxygen atoms in total. The summed E-state index contributed by atoms with van der Waals surface area (Å²) in [7, 11) is 0. The molecule has 0 heteroatoms. The highest BCUT2D eigenvalue weighted by Crippen LogP contribution is 2.43. The quantitative estimate of drug-likeness (QED) is 0.189. The Labute approximate surface area is 166 Å². The van der Waals surface area contributed by atoms with E-state index in [1.165, 1.54) is 70.6 Å². The van der Waals surface area contributed by atoms with Crippen LogP contribution in [0, 0.1) is 22.7 Å². The summed E-state index contributed by atoms with van der Waals surface area (Å²) in [5.41, 5.74) is 0.987. The molecule has 0 spiro atoms. The summed E-state index contributed by atoms with van der Waals surface area (Å²) < 4.78 is 0. The zero-order valence-electron chi connectivity index (χ0n) is 19.4. The van der Waals surface area contributed by atoms with E-state index in [0.29, 0.717) is 10.8 Å². The van der Waals surface area contributed by atoms with Gasteiger partial charge in [0.1, 0.15) is 0 Å². The van der Waals surface area contributed by atoms with Gasteiger partial charge in [0.05, 0.1) is 0 Å². The van der Waals surface area contributed by atoms with Gasteiger partial charge in [0, 0.05) is 0 Å². The summed E-state index contributed by atoms with van der Waals surface area (Å²) in [6.07, 6.45) is 21.3. The van der Waals surface area contributed by atoms with Gasteiger partial charge in [-0.05, 0) is 68.1 Å². The first-order valence-corrected chi connectivity index (χ1v) is 11.5. The van der Waals surface area contributed by atoms with Crippen LogP contribution >= 0.6 is 0 Å². The fourth-order valence-electron chi connectivity index (χ4n) is 4.16. The molecule has 0 aliphatic heterocycles. The standard InChI is InChI=1S/C26H50/c1-9-13-15-16-20-24(25(6,7)23(5)19-14-10-2)21-17-18-22-26(8,11-3)12-4/h9-10,14,23-24H,1,11-13,15-22H2,2-8H3. The molecule has 0 N–H and O–H groups in total. The molecule has 0 fully saturated rings. The van der Waals surface area contributed by atoms with Crippen LogP contribution in [0.3, 0.4) is 0 Å². The van der Waals surface area contributed by atoms with Gasteiger partial charge in [-0.2, -0.15) is 0 Å². The third-order valence-corrected chi connectivity index (χ3v) is 7.55. The van der Waals surface area contributed by atoms with Crippen LogP contribution in [0.15, 0.2) is 24.8 Å². The Kier molecular flexibility index (Phi) is 13.3. The summed E-state index contributed by atoms with van der Waals surface area (Å²) in [6.45, 7) is 20.7. The molecule has 0 saturated carbocycles.